The van der Waals surface area contributed by atoms with Crippen molar-refractivity contribution in [2.24, 2.45) is 11.8 Å². The molecule has 1 aromatic carbocycles. The van der Waals surface area contributed by atoms with Crippen LogP contribution < -0.4 is 0 Å². The summed E-state index contributed by atoms with van der Waals surface area (Å²) in [5.41, 5.74) is 4.14. The van der Waals surface area contributed by atoms with Crippen LogP contribution in [0, 0.1) is 18.8 Å². The summed E-state index contributed by atoms with van der Waals surface area (Å²) in [6.07, 6.45) is 3.21. The minimum atomic E-state index is 0.275. The van der Waals surface area contributed by atoms with E-state index in [4.69, 9.17) is 0 Å². The van der Waals surface area contributed by atoms with Crippen LogP contribution in [0.3, 0.4) is 0 Å². The summed E-state index contributed by atoms with van der Waals surface area (Å²) in [6.45, 7) is 7.50. The summed E-state index contributed by atoms with van der Waals surface area (Å²) in [5.74, 6) is 1.20. The number of nitrogens with zero attached hydrogens (tertiary/aromatic N) is 1. The molecule has 1 saturated carbocycles. The van der Waals surface area contributed by atoms with Crippen LogP contribution in [0.1, 0.15) is 49.4 Å². The second-order valence-electron chi connectivity index (χ2n) is 6.45. The van der Waals surface area contributed by atoms with E-state index in [9.17, 15) is 4.79 Å². The van der Waals surface area contributed by atoms with Gasteiger partial charge < -0.3 is 4.90 Å². The standard InChI is InChI=1S/C17H23NO/c1-11(2)16-15-7-4-12(3)10-14(15)8-9-18(16)17(19)13-5-6-13/h4,7,10-11,13,16H,5-6,8-9H2,1-3H3. The summed E-state index contributed by atoms with van der Waals surface area (Å²) in [4.78, 5) is 14.6. The Morgan fingerprint density at radius 3 is 2.68 bits per heavy atom. The van der Waals surface area contributed by atoms with E-state index < -0.39 is 0 Å². The molecule has 1 aromatic rings. The van der Waals surface area contributed by atoms with Gasteiger partial charge in [0.1, 0.15) is 0 Å². The summed E-state index contributed by atoms with van der Waals surface area (Å²) in [7, 11) is 0. The van der Waals surface area contributed by atoms with E-state index >= 15 is 0 Å². The van der Waals surface area contributed by atoms with Gasteiger partial charge in [0.15, 0.2) is 0 Å². The van der Waals surface area contributed by atoms with E-state index in [0.717, 1.165) is 25.8 Å². The molecule has 2 aliphatic rings. The van der Waals surface area contributed by atoms with Crippen molar-refractivity contribution in [2.45, 2.75) is 46.1 Å². The second kappa shape index (κ2) is 4.66. The maximum atomic E-state index is 12.5. The molecule has 1 heterocycles. The zero-order valence-corrected chi connectivity index (χ0v) is 12.1. The number of aryl methyl sites for hydroxylation is 1. The van der Waals surface area contributed by atoms with Crippen molar-refractivity contribution in [2.75, 3.05) is 6.54 Å². The zero-order valence-electron chi connectivity index (χ0n) is 12.1. The van der Waals surface area contributed by atoms with E-state index in [1.807, 2.05) is 0 Å². The highest BCUT2D eigenvalue weighted by Crippen LogP contribution is 2.40. The topological polar surface area (TPSA) is 20.3 Å². The maximum absolute atomic E-state index is 12.5. The van der Waals surface area contributed by atoms with Gasteiger partial charge in [-0.05, 0) is 43.2 Å². The van der Waals surface area contributed by atoms with Crippen molar-refractivity contribution in [3.63, 3.8) is 0 Å². The third kappa shape index (κ3) is 2.29. The molecule has 1 unspecified atom stereocenters. The first-order valence-electron chi connectivity index (χ1n) is 7.48. The molecule has 0 aromatic heterocycles. The van der Waals surface area contributed by atoms with Crippen molar-refractivity contribution in [3.05, 3.63) is 34.9 Å². The lowest BCUT2D eigenvalue weighted by molar-refractivity contribution is -0.136. The lowest BCUT2D eigenvalue weighted by atomic mass is 9.85. The number of carbonyl (C=O) groups excluding carboxylic acids is 1. The van der Waals surface area contributed by atoms with Crippen LogP contribution >= 0.6 is 0 Å². The number of fused-ring (bicyclic) bond motifs is 1. The van der Waals surface area contributed by atoms with Crippen LogP contribution in [0.25, 0.3) is 0 Å². The molecule has 1 amide bonds. The second-order valence-corrected chi connectivity index (χ2v) is 6.45. The average Bonchev–Trinajstić information content (AvgIpc) is 3.20. The molecule has 1 aliphatic heterocycles. The summed E-state index contributed by atoms with van der Waals surface area (Å²) in [5, 5.41) is 0. The Morgan fingerprint density at radius 2 is 2.05 bits per heavy atom. The van der Waals surface area contributed by atoms with Gasteiger partial charge in [0, 0.05) is 12.5 Å². The van der Waals surface area contributed by atoms with Crippen molar-refractivity contribution >= 4 is 5.91 Å². The lowest BCUT2D eigenvalue weighted by Crippen LogP contribution is -2.43. The number of hydrogen-bond donors (Lipinski definition) is 0. The Balaban J connectivity index is 1.96. The molecule has 3 rings (SSSR count). The number of amides is 1. The minimum absolute atomic E-state index is 0.275. The molecular weight excluding hydrogens is 234 g/mol. The molecule has 2 nitrogen and oxygen atoms in total. The van der Waals surface area contributed by atoms with Gasteiger partial charge in [-0.15, -0.1) is 0 Å². The first kappa shape index (κ1) is 12.7. The average molecular weight is 257 g/mol. The lowest BCUT2D eigenvalue weighted by Gasteiger charge is -2.40. The normalized spacial score (nSPS) is 22.5. The summed E-state index contributed by atoms with van der Waals surface area (Å²) in [6, 6.07) is 6.99. The molecule has 1 aliphatic carbocycles. The summed E-state index contributed by atoms with van der Waals surface area (Å²) >= 11 is 0. The molecule has 0 spiro atoms. The van der Waals surface area contributed by atoms with Crippen LogP contribution in [0.5, 0.6) is 0 Å². The van der Waals surface area contributed by atoms with Gasteiger partial charge in [-0.2, -0.15) is 0 Å². The van der Waals surface area contributed by atoms with E-state index in [0.29, 0.717) is 17.7 Å². The monoisotopic (exact) mass is 257 g/mol. The Kier molecular flexibility index (Phi) is 3.12. The van der Waals surface area contributed by atoms with Gasteiger partial charge in [-0.3, -0.25) is 4.79 Å². The van der Waals surface area contributed by atoms with Gasteiger partial charge in [0.05, 0.1) is 6.04 Å². The molecule has 2 heteroatoms. The van der Waals surface area contributed by atoms with E-state index in [1.54, 1.807) is 0 Å². The predicted octanol–water partition coefficient (Wildman–Crippen LogP) is 3.49. The first-order chi connectivity index (χ1) is 9.08. The number of rotatable bonds is 2. The quantitative estimate of drug-likeness (QED) is 0.794. The van der Waals surface area contributed by atoms with Crippen LogP contribution in [-0.4, -0.2) is 17.4 Å². The van der Waals surface area contributed by atoms with Crippen LogP contribution in [0.15, 0.2) is 18.2 Å². The van der Waals surface area contributed by atoms with Crippen molar-refractivity contribution in [1.82, 2.24) is 4.90 Å². The third-order valence-corrected chi connectivity index (χ3v) is 4.42. The predicted molar refractivity (Wildman–Crippen MR) is 76.9 cm³/mol. The van der Waals surface area contributed by atoms with Crippen LogP contribution in [-0.2, 0) is 11.2 Å². The largest absolute Gasteiger partial charge is 0.335 e. The van der Waals surface area contributed by atoms with Crippen molar-refractivity contribution < 1.29 is 4.79 Å². The molecule has 0 N–H and O–H groups in total. The van der Waals surface area contributed by atoms with E-state index in [2.05, 4.69) is 43.9 Å². The molecule has 0 saturated heterocycles. The van der Waals surface area contributed by atoms with Crippen molar-refractivity contribution in [1.29, 1.82) is 0 Å². The Hall–Kier alpha value is -1.31. The van der Waals surface area contributed by atoms with Gasteiger partial charge >= 0.3 is 0 Å². The fraction of sp³-hybridized carbons (Fsp3) is 0.588. The third-order valence-electron chi connectivity index (χ3n) is 4.42. The number of carbonyl (C=O) groups is 1. The molecule has 1 fully saturated rings. The number of hydrogen-bond acceptors (Lipinski definition) is 1. The fourth-order valence-corrected chi connectivity index (χ4v) is 3.32. The fourth-order valence-electron chi connectivity index (χ4n) is 3.32. The van der Waals surface area contributed by atoms with Crippen LogP contribution in [0.4, 0.5) is 0 Å². The Bertz CT molecular complexity index is 502. The highest BCUT2D eigenvalue weighted by atomic mass is 16.2. The molecular formula is C17H23NO. The Labute approximate surface area is 115 Å². The summed E-state index contributed by atoms with van der Waals surface area (Å²) < 4.78 is 0. The maximum Gasteiger partial charge on any atom is 0.226 e. The van der Waals surface area contributed by atoms with Crippen molar-refractivity contribution in [3.8, 4) is 0 Å². The van der Waals surface area contributed by atoms with Crippen LogP contribution in [0.2, 0.25) is 0 Å². The highest BCUT2D eigenvalue weighted by Gasteiger charge is 2.39. The number of benzene rings is 1. The molecule has 19 heavy (non-hydrogen) atoms. The smallest absolute Gasteiger partial charge is 0.226 e. The van der Waals surface area contributed by atoms with Gasteiger partial charge in [-0.1, -0.05) is 37.6 Å². The molecule has 0 radical (unpaired) electrons. The van der Waals surface area contributed by atoms with Gasteiger partial charge in [-0.25, -0.2) is 0 Å². The highest BCUT2D eigenvalue weighted by molar-refractivity contribution is 5.82. The minimum Gasteiger partial charge on any atom is -0.335 e. The van der Waals surface area contributed by atoms with Gasteiger partial charge in [0.25, 0.3) is 0 Å². The molecule has 102 valence electrons. The van der Waals surface area contributed by atoms with E-state index in [1.165, 1.54) is 16.7 Å². The zero-order chi connectivity index (χ0) is 13.6. The molecule has 0 bridgehead atoms. The van der Waals surface area contributed by atoms with Gasteiger partial charge in [0.2, 0.25) is 5.91 Å². The van der Waals surface area contributed by atoms with E-state index in [-0.39, 0.29) is 6.04 Å². The SMILES string of the molecule is Cc1ccc2c(c1)CCN(C(=O)C1CC1)C2C(C)C. The first-order valence-corrected chi connectivity index (χ1v) is 7.48. The Morgan fingerprint density at radius 1 is 1.32 bits per heavy atom. The molecule has 1 atom stereocenters.